The predicted octanol–water partition coefficient (Wildman–Crippen LogP) is 9.75. The van der Waals surface area contributed by atoms with E-state index in [2.05, 4.69) is 6.92 Å². The van der Waals surface area contributed by atoms with Gasteiger partial charge in [0.05, 0.1) is 10.6 Å². The van der Waals surface area contributed by atoms with Crippen molar-refractivity contribution in [3.63, 3.8) is 0 Å². The minimum atomic E-state index is -0.504. The van der Waals surface area contributed by atoms with Gasteiger partial charge in [0.15, 0.2) is 0 Å². The Morgan fingerprint density at radius 3 is 1.89 bits per heavy atom. The molecule has 1 aromatic carbocycles. The van der Waals surface area contributed by atoms with Gasteiger partial charge in [0.2, 0.25) is 0 Å². The summed E-state index contributed by atoms with van der Waals surface area (Å²) < 4.78 is 5.56. The van der Waals surface area contributed by atoms with E-state index in [4.69, 9.17) is 16.3 Å². The maximum atomic E-state index is 12.9. The van der Waals surface area contributed by atoms with Crippen molar-refractivity contribution < 1.29 is 14.3 Å². The summed E-state index contributed by atoms with van der Waals surface area (Å²) >= 11 is 6.87. The van der Waals surface area contributed by atoms with Gasteiger partial charge < -0.3 is 4.74 Å². The van der Waals surface area contributed by atoms with Crippen LogP contribution >= 0.6 is 22.9 Å². The normalized spacial score (nSPS) is 10.9. The first-order valence-electron chi connectivity index (χ1n) is 13.4. The van der Waals surface area contributed by atoms with E-state index in [0.29, 0.717) is 17.1 Å². The number of ether oxygens (including phenoxy) is 1. The Labute approximate surface area is 221 Å². The first kappa shape index (κ1) is 29.4. The Kier molecular flexibility index (Phi) is 15.5. The molecule has 1 aromatic heterocycles. The molecule has 1 amide bonds. The zero-order valence-electron chi connectivity index (χ0n) is 21.3. The van der Waals surface area contributed by atoms with Crippen LogP contribution in [0.15, 0.2) is 41.8 Å². The lowest BCUT2D eigenvalue weighted by atomic mass is 10.0. The number of anilines is 1. The van der Waals surface area contributed by atoms with Crippen molar-refractivity contribution in [3.05, 3.63) is 52.2 Å². The van der Waals surface area contributed by atoms with E-state index in [1.807, 2.05) is 30.3 Å². The molecule has 0 unspecified atom stereocenters. The van der Waals surface area contributed by atoms with Crippen LogP contribution < -0.4 is 4.90 Å². The van der Waals surface area contributed by atoms with Gasteiger partial charge in [-0.1, -0.05) is 121 Å². The summed E-state index contributed by atoms with van der Waals surface area (Å²) in [5.41, 5.74) is 1.62. The van der Waals surface area contributed by atoms with Crippen molar-refractivity contribution in [1.29, 1.82) is 0 Å². The molecule has 0 bridgehead atoms. The molecule has 0 atom stereocenters. The molecule has 2 aromatic rings. The van der Waals surface area contributed by atoms with E-state index in [1.165, 1.54) is 88.4 Å². The van der Waals surface area contributed by atoms with E-state index < -0.39 is 11.3 Å². The number of halogens is 1. The molecule has 0 N–H and O–H groups in total. The van der Waals surface area contributed by atoms with Gasteiger partial charge in [-0.15, -0.1) is 11.3 Å². The zero-order chi connectivity index (χ0) is 25.1. The number of carbonyl (C=O) groups is 2. The smallest absolute Gasteiger partial charge is 0.414 e. The third-order valence-corrected chi connectivity index (χ3v) is 7.48. The van der Waals surface area contributed by atoms with Crippen LogP contribution in [0.2, 0.25) is 0 Å². The summed E-state index contributed by atoms with van der Waals surface area (Å²) in [7, 11) is 0. The standard InChI is InChI=1S/C29H42ClNO3S/c1-2-3-4-5-6-7-8-9-10-11-12-13-14-18-21-31(26-22-27(28(30)32)35-24-26)29(33)34-23-25-19-16-15-17-20-25/h15-17,19-20,22,24H,2-14,18,21,23H2,1H3. The van der Waals surface area contributed by atoms with E-state index in [0.717, 1.165) is 18.4 Å². The highest BCUT2D eigenvalue weighted by Crippen LogP contribution is 2.26. The fraction of sp³-hybridized carbons (Fsp3) is 0.586. The second-order valence-corrected chi connectivity index (χ2v) is 10.5. The fourth-order valence-electron chi connectivity index (χ4n) is 4.16. The lowest BCUT2D eigenvalue weighted by Crippen LogP contribution is -2.32. The Bertz CT molecular complexity index is 839. The molecule has 0 radical (unpaired) electrons. The largest absolute Gasteiger partial charge is 0.444 e. The third-order valence-electron chi connectivity index (χ3n) is 6.25. The number of rotatable bonds is 19. The number of amides is 1. The second kappa shape index (κ2) is 18.4. The fourth-order valence-corrected chi connectivity index (χ4v) is 5.07. The third kappa shape index (κ3) is 12.6. The molecular formula is C29H42ClNO3S. The highest BCUT2D eigenvalue weighted by atomic mass is 35.5. The Morgan fingerprint density at radius 1 is 0.829 bits per heavy atom. The highest BCUT2D eigenvalue weighted by molar-refractivity contribution is 7.14. The number of hydrogen-bond donors (Lipinski definition) is 0. The molecule has 35 heavy (non-hydrogen) atoms. The minimum Gasteiger partial charge on any atom is -0.444 e. The molecule has 194 valence electrons. The molecule has 0 aliphatic rings. The molecule has 0 aliphatic carbocycles. The number of carbonyl (C=O) groups excluding carboxylic acids is 2. The summed E-state index contributed by atoms with van der Waals surface area (Å²) in [6, 6.07) is 11.3. The Hall–Kier alpha value is -1.85. The molecular weight excluding hydrogens is 478 g/mol. The van der Waals surface area contributed by atoms with Crippen LogP contribution in [-0.2, 0) is 11.3 Å². The minimum absolute atomic E-state index is 0.223. The average molecular weight is 520 g/mol. The summed E-state index contributed by atoms with van der Waals surface area (Å²) in [6.45, 7) is 3.06. The van der Waals surface area contributed by atoms with Crippen molar-refractivity contribution in [2.45, 2.75) is 103 Å². The first-order valence-corrected chi connectivity index (χ1v) is 14.6. The van der Waals surface area contributed by atoms with Crippen LogP contribution in [0.4, 0.5) is 10.5 Å². The van der Waals surface area contributed by atoms with Crippen LogP contribution in [0, 0.1) is 0 Å². The topological polar surface area (TPSA) is 46.6 Å². The Morgan fingerprint density at radius 2 is 1.37 bits per heavy atom. The maximum Gasteiger partial charge on any atom is 0.414 e. The zero-order valence-corrected chi connectivity index (χ0v) is 22.9. The van der Waals surface area contributed by atoms with E-state index in [-0.39, 0.29) is 6.61 Å². The molecule has 1 heterocycles. The molecule has 0 saturated carbocycles. The van der Waals surface area contributed by atoms with Gasteiger partial charge in [0.25, 0.3) is 5.24 Å². The monoisotopic (exact) mass is 519 g/mol. The molecule has 0 spiro atoms. The van der Waals surface area contributed by atoms with Crippen molar-refractivity contribution in [2.24, 2.45) is 0 Å². The maximum absolute atomic E-state index is 12.9. The van der Waals surface area contributed by atoms with Crippen molar-refractivity contribution in [2.75, 3.05) is 11.4 Å². The van der Waals surface area contributed by atoms with E-state index >= 15 is 0 Å². The average Bonchev–Trinajstić information content (AvgIpc) is 3.36. The van der Waals surface area contributed by atoms with Gasteiger partial charge in [-0.05, 0) is 29.7 Å². The molecule has 0 saturated heterocycles. The molecule has 0 fully saturated rings. The molecule has 6 heteroatoms. The van der Waals surface area contributed by atoms with E-state index in [9.17, 15) is 9.59 Å². The summed E-state index contributed by atoms with van der Waals surface area (Å²) in [5.74, 6) is 0. The number of unbranched alkanes of at least 4 members (excludes halogenated alkanes) is 13. The first-order chi connectivity index (χ1) is 17.1. The van der Waals surface area contributed by atoms with Crippen LogP contribution in [0.3, 0.4) is 0 Å². The number of hydrogen-bond acceptors (Lipinski definition) is 4. The van der Waals surface area contributed by atoms with Gasteiger partial charge in [-0.3, -0.25) is 9.69 Å². The number of nitrogens with zero attached hydrogens (tertiary/aromatic N) is 1. The van der Waals surface area contributed by atoms with Gasteiger partial charge >= 0.3 is 6.09 Å². The number of thiophene rings is 1. The summed E-state index contributed by atoms with van der Waals surface area (Å²) in [6.07, 6.45) is 17.7. The van der Waals surface area contributed by atoms with Crippen LogP contribution in [0.1, 0.15) is 112 Å². The van der Waals surface area contributed by atoms with Gasteiger partial charge in [-0.2, -0.15) is 0 Å². The summed E-state index contributed by atoms with van der Waals surface area (Å²) in [5, 5.41) is 1.29. The molecule has 2 rings (SSSR count). The van der Waals surface area contributed by atoms with Gasteiger partial charge in [0, 0.05) is 11.9 Å². The van der Waals surface area contributed by atoms with Crippen molar-refractivity contribution in [3.8, 4) is 0 Å². The SMILES string of the molecule is CCCCCCCCCCCCCCCCN(C(=O)OCc1ccccc1)c1csc(C(=O)Cl)c1. The van der Waals surface area contributed by atoms with E-state index in [1.54, 1.807) is 16.3 Å². The molecule has 0 aliphatic heterocycles. The Balaban J connectivity index is 1.66. The van der Waals surface area contributed by atoms with Crippen molar-refractivity contribution in [1.82, 2.24) is 0 Å². The lowest BCUT2D eigenvalue weighted by Gasteiger charge is -2.21. The van der Waals surface area contributed by atoms with Gasteiger partial charge in [-0.25, -0.2) is 4.79 Å². The van der Waals surface area contributed by atoms with Crippen LogP contribution in [-0.4, -0.2) is 17.9 Å². The highest BCUT2D eigenvalue weighted by Gasteiger charge is 2.20. The van der Waals surface area contributed by atoms with Crippen molar-refractivity contribution >= 4 is 40.0 Å². The predicted molar refractivity (Wildman–Crippen MR) is 149 cm³/mol. The van der Waals surface area contributed by atoms with Crippen LogP contribution in [0.25, 0.3) is 0 Å². The molecule has 4 nitrogen and oxygen atoms in total. The van der Waals surface area contributed by atoms with Gasteiger partial charge in [0.1, 0.15) is 6.61 Å². The quantitative estimate of drug-likeness (QED) is 0.137. The second-order valence-electron chi connectivity index (χ2n) is 9.23. The van der Waals surface area contributed by atoms with Crippen LogP contribution in [0.5, 0.6) is 0 Å². The summed E-state index contributed by atoms with van der Waals surface area (Å²) in [4.78, 5) is 26.4. The lowest BCUT2D eigenvalue weighted by molar-refractivity contribution is 0.108. The number of benzene rings is 1.